The van der Waals surface area contributed by atoms with Crippen LogP contribution in [-0.2, 0) is 6.54 Å². The van der Waals surface area contributed by atoms with Gasteiger partial charge in [0.25, 0.3) is 5.91 Å². The SMILES string of the molecule is C=CCOc1cccc(NC(=O)c2cccc(Cn3ccnc3)c2)c1. The van der Waals surface area contributed by atoms with E-state index >= 15 is 0 Å². The molecule has 1 amide bonds. The van der Waals surface area contributed by atoms with Gasteiger partial charge in [-0.2, -0.15) is 0 Å². The predicted molar refractivity (Wildman–Crippen MR) is 97.9 cm³/mol. The van der Waals surface area contributed by atoms with Gasteiger partial charge >= 0.3 is 0 Å². The number of aromatic nitrogens is 2. The monoisotopic (exact) mass is 333 g/mol. The Hall–Kier alpha value is -3.34. The van der Waals surface area contributed by atoms with Crippen molar-refractivity contribution in [2.75, 3.05) is 11.9 Å². The van der Waals surface area contributed by atoms with Crippen LogP contribution in [0, 0.1) is 0 Å². The summed E-state index contributed by atoms with van der Waals surface area (Å²) < 4.78 is 7.44. The van der Waals surface area contributed by atoms with Crippen LogP contribution in [0.2, 0.25) is 0 Å². The molecule has 0 bridgehead atoms. The van der Waals surface area contributed by atoms with E-state index in [0.29, 0.717) is 30.2 Å². The topological polar surface area (TPSA) is 56.1 Å². The maximum absolute atomic E-state index is 12.5. The van der Waals surface area contributed by atoms with Gasteiger partial charge in [-0.1, -0.05) is 30.9 Å². The van der Waals surface area contributed by atoms with Crippen LogP contribution in [-0.4, -0.2) is 22.1 Å². The van der Waals surface area contributed by atoms with Crippen molar-refractivity contribution in [2.45, 2.75) is 6.54 Å². The van der Waals surface area contributed by atoms with Gasteiger partial charge in [0.05, 0.1) is 6.33 Å². The molecule has 0 fully saturated rings. The fourth-order valence-electron chi connectivity index (χ4n) is 2.42. The fourth-order valence-corrected chi connectivity index (χ4v) is 2.42. The Kier molecular flexibility index (Phi) is 5.26. The van der Waals surface area contributed by atoms with E-state index in [9.17, 15) is 4.79 Å². The third-order valence-electron chi connectivity index (χ3n) is 3.57. The number of rotatable bonds is 7. The van der Waals surface area contributed by atoms with E-state index in [2.05, 4.69) is 16.9 Å². The number of benzene rings is 2. The zero-order valence-electron chi connectivity index (χ0n) is 13.8. The third kappa shape index (κ3) is 4.57. The molecule has 5 nitrogen and oxygen atoms in total. The lowest BCUT2D eigenvalue weighted by molar-refractivity contribution is 0.102. The number of nitrogens with zero attached hydrogens (tertiary/aromatic N) is 2. The highest BCUT2D eigenvalue weighted by atomic mass is 16.5. The van der Waals surface area contributed by atoms with Crippen LogP contribution < -0.4 is 10.1 Å². The highest BCUT2D eigenvalue weighted by Gasteiger charge is 2.08. The van der Waals surface area contributed by atoms with Crippen LogP contribution >= 0.6 is 0 Å². The van der Waals surface area contributed by atoms with E-state index in [0.717, 1.165) is 5.56 Å². The molecule has 0 aliphatic heterocycles. The zero-order chi connectivity index (χ0) is 17.5. The summed E-state index contributed by atoms with van der Waals surface area (Å²) in [5.41, 5.74) is 2.33. The van der Waals surface area contributed by atoms with Crippen molar-refractivity contribution in [3.63, 3.8) is 0 Å². The van der Waals surface area contributed by atoms with Gasteiger partial charge in [-0.3, -0.25) is 4.79 Å². The molecule has 0 aliphatic rings. The number of hydrogen-bond donors (Lipinski definition) is 1. The maximum atomic E-state index is 12.5. The highest BCUT2D eigenvalue weighted by Crippen LogP contribution is 2.18. The normalized spacial score (nSPS) is 10.2. The van der Waals surface area contributed by atoms with E-state index in [1.807, 2.05) is 47.2 Å². The lowest BCUT2D eigenvalue weighted by Gasteiger charge is -2.09. The highest BCUT2D eigenvalue weighted by molar-refractivity contribution is 6.04. The third-order valence-corrected chi connectivity index (χ3v) is 3.57. The summed E-state index contributed by atoms with van der Waals surface area (Å²) in [6.45, 7) is 4.72. The van der Waals surface area contributed by atoms with Gasteiger partial charge in [-0.05, 0) is 29.8 Å². The summed E-state index contributed by atoms with van der Waals surface area (Å²) in [5.74, 6) is 0.528. The van der Waals surface area contributed by atoms with Gasteiger partial charge in [0.15, 0.2) is 0 Å². The molecule has 0 spiro atoms. The lowest BCUT2D eigenvalue weighted by atomic mass is 10.1. The van der Waals surface area contributed by atoms with Crippen LogP contribution in [0.1, 0.15) is 15.9 Å². The van der Waals surface area contributed by atoms with Gasteiger partial charge < -0.3 is 14.6 Å². The Balaban J connectivity index is 1.69. The van der Waals surface area contributed by atoms with Crippen LogP contribution in [0.3, 0.4) is 0 Å². The molecule has 1 aromatic heterocycles. The van der Waals surface area contributed by atoms with Gasteiger partial charge in [0.2, 0.25) is 0 Å². The summed E-state index contributed by atoms with van der Waals surface area (Å²) in [4.78, 5) is 16.5. The minimum absolute atomic E-state index is 0.159. The van der Waals surface area contributed by atoms with Crippen molar-refractivity contribution in [3.05, 3.63) is 91.0 Å². The van der Waals surface area contributed by atoms with E-state index < -0.39 is 0 Å². The molecule has 0 radical (unpaired) electrons. The molecule has 0 saturated carbocycles. The predicted octanol–water partition coefficient (Wildman–Crippen LogP) is 3.75. The summed E-state index contributed by atoms with van der Waals surface area (Å²) in [6.07, 6.45) is 7.05. The number of amides is 1. The van der Waals surface area contributed by atoms with E-state index in [4.69, 9.17) is 4.74 Å². The molecule has 0 unspecified atom stereocenters. The summed E-state index contributed by atoms with van der Waals surface area (Å²) in [5, 5.41) is 2.90. The first-order chi connectivity index (χ1) is 12.2. The smallest absolute Gasteiger partial charge is 0.255 e. The number of anilines is 1. The number of ether oxygens (including phenoxy) is 1. The summed E-state index contributed by atoms with van der Waals surface area (Å²) in [7, 11) is 0. The van der Waals surface area contributed by atoms with Crippen molar-refractivity contribution < 1.29 is 9.53 Å². The molecule has 3 aromatic rings. The van der Waals surface area contributed by atoms with Crippen LogP contribution in [0.15, 0.2) is 79.9 Å². The minimum Gasteiger partial charge on any atom is -0.489 e. The zero-order valence-corrected chi connectivity index (χ0v) is 13.8. The average Bonchev–Trinajstić information content (AvgIpc) is 3.13. The van der Waals surface area contributed by atoms with Crippen molar-refractivity contribution in [2.24, 2.45) is 0 Å². The van der Waals surface area contributed by atoms with Gasteiger partial charge in [0.1, 0.15) is 12.4 Å². The second-order valence-corrected chi connectivity index (χ2v) is 5.52. The van der Waals surface area contributed by atoms with Crippen molar-refractivity contribution in [1.82, 2.24) is 9.55 Å². The molecular weight excluding hydrogens is 314 g/mol. The molecule has 3 rings (SSSR count). The second-order valence-electron chi connectivity index (χ2n) is 5.52. The van der Waals surface area contributed by atoms with E-state index in [-0.39, 0.29) is 5.91 Å². The van der Waals surface area contributed by atoms with Crippen LogP contribution in [0.25, 0.3) is 0 Å². The van der Waals surface area contributed by atoms with E-state index in [1.54, 1.807) is 30.7 Å². The molecule has 1 N–H and O–H groups in total. The molecule has 0 aliphatic carbocycles. The van der Waals surface area contributed by atoms with E-state index in [1.165, 1.54) is 0 Å². The molecule has 2 aromatic carbocycles. The average molecular weight is 333 g/mol. The Bertz CT molecular complexity index is 857. The van der Waals surface area contributed by atoms with Crippen LogP contribution in [0.5, 0.6) is 5.75 Å². The molecule has 126 valence electrons. The van der Waals surface area contributed by atoms with Gasteiger partial charge in [0, 0.05) is 36.3 Å². The molecule has 5 heteroatoms. The quantitative estimate of drug-likeness (QED) is 0.670. The number of carbonyl (C=O) groups is 1. The largest absolute Gasteiger partial charge is 0.489 e. The summed E-state index contributed by atoms with van der Waals surface area (Å²) >= 11 is 0. The van der Waals surface area contributed by atoms with Gasteiger partial charge in [-0.15, -0.1) is 0 Å². The minimum atomic E-state index is -0.159. The molecule has 25 heavy (non-hydrogen) atoms. The maximum Gasteiger partial charge on any atom is 0.255 e. The fraction of sp³-hybridized carbons (Fsp3) is 0.100. The summed E-state index contributed by atoms with van der Waals surface area (Å²) in [6, 6.07) is 14.8. The molecule has 0 atom stereocenters. The molecular formula is C20H19N3O2. The number of hydrogen-bond acceptors (Lipinski definition) is 3. The van der Waals surface area contributed by atoms with Crippen LogP contribution in [0.4, 0.5) is 5.69 Å². The Morgan fingerprint density at radius 1 is 1.24 bits per heavy atom. The Morgan fingerprint density at radius 2 is 2.12 bits per heavy atom. The number of carbonyl (C=O) groups excluding carboxylic acids is 1. The van der Waals surface area contributed by atoms with Gasteiger partial charge in [-0.25, -0.2) is 4.98 Å². The first-order valence-corrected chi connectivity index (χ1v) is 7.94. The van der Waals surface area contributed by atoms with Crippen molar-refractivity contribution in [1.29, 1.82) is 0 Å². The number of imidazole rings is 1. The Morgan fingerprint density at radius 3 is 2.92 bits per heavy atom. The molecule has 1 heterocycles. The van der Waals surface area contributed by atoms with Crippen molar-refractivity contribution in [3.8, 4) is 5.75 Å². The lowest BCUT2D eigenvalue weighted by Crippen LogP contribution is -2.12. The Labute approximate surface area is 146 Å². The van der Waals surface area contributed by atoms with Crippen molar-refractivity contribution >= 4 is 11.6 Å². The standard InChI is InChI=1S/C20H19N3O2/c1-2-11-25-19-8-4-7-18(13-19)22-20(24)17-6-3-5-16(12-17)14-23-10-9-21-15-23/h2-10,12-13,15H,1,11,14H2,(H,22,24). The first-order valence-electron chi connectivity index (χ1n) is 7.94. The molecule has 0 saturated heterocycles. The second kappa shape index (κ2) is 7.97. The first kappa shape index (κ1) is 16.5. The number of nitrogens with one attached hydrogen (secondary N) is 1.